The SMILES string of the molecule is CCN(CC)CCN(c1ccc2c(c1)nc(CCc1ccc(C(N)=NO)cc1)n2CCC(=O)NC)S(=O)(=O)c1ccccc1. The average Bonchev–Trinajstić information content (AvgIpc) is 3.41. The van der Waals surface area contributed by atoms with Gasteiger partial charge in [-0.15, -0.1) is 0 Å². The van der Waals surface area contributed by atoms with Gasteiger partial charge in [-0.05, 0) is 55.4 Å². The molecular weight excluding hydrogens is 578 g/mol. The number of nitrogens with one attached hydrogen (secondary N) is 1. The molecule has 3 aromatic carbocycles. The third-order valence-corrected chi connectivity index (χ3v) is 9.62. The Bertz CT molecular complexity index is 1680. The van der Waals surface area contributed by atoms with Gasteiger partial charge in [0.25, 0.3) is 10.0 Å². The Labute approximate surface area is 259 Å². The molecule has 4 aromatic rings. The number of likely N-dealkylation sites (N-methyl/N-ethyl adjacent to an activating group) is 1. The highest BCUT2D eigenvalue weighted by Gasteiger charge is 2.26. The highest BCUT2D eigenvalue weighted by atomic mass is 32.2. The number of amides is 1. The summed E-state index contributed by atoms with van der Waals surface area (Å²) in [4.78, 5) is 19.5. The van der Waals surface area contributed by atoms with E-state index in [0.717, 1.165) is 30.0 Å². The maximum atomic E-state index is 13.9. The zero-order valence-electron chi connectivity index (χ0n) is 25.5. The fourth-order valence-corrected chi connectivity index (χ4v) is 6.61. The number of fused-ring (bicyclic) bond motifs is 1. The van der Waals surface area contributed by atoms with Crippen LogP contribution in [-0.4, -0.2) is 73.0 Å². The number of hydrogen-bond donors (Lipinski definition) is 3. The van der Waals surface area contributed by atoms with Crippen LogP contribution in [0.2, 0.25) is 0 Å². The summed E-state index contributed by atoms with van der Waals surface area (Å²) in [6.07, 6.45) is 1.54. The van der Waals surface area contributed by atoms with Gasteiger partial charge in [-0.3, -0.25) is 9.10 Å². The first kappa shape index (κ1) is 32.5. The van der Waals surface area contributed by atoms with Crippen molar-refractivity contribution in [3.05, 3.63) is 89.7 Å². The van der Waals surface area contributed by atoms with E-state index < -0.39 is 10.0 Å². The predicted octanol–water partition coefficient (Wildman–Crippen LogP) is 3.59. The molecule has 234 valence electrons. The van der Waals surface area contributed by atoms with Crippen LogP contribution in [0.25, 0.3) is 11.0 Å². The molecule has 0 aliphatic carbocycles. The Balaban J connectivity index is 1.71. The Morgan fingerprint density at radius 2 is 1.70 bits per heavy atom. The highest BCUT2D eigenvalue weighted by molar-refractivity contribution is 7.92. The molecular formula is C32H41N7O4S. The molecule has 44 heavy (non-hydrogen) atoms. The van der Waals surface area contributed by atoms with Crippen LogP contribution in [-0.2, 0) is 34.2 Å². The molecule has 0 unspecified atom stereocenters. The van der Waals surface area contributed by atoms with Crippen molar-refractivity contribution in [1.82, 2.24) is 19.8 Å². The van der Waals surface area contributed by atoms with Gasteiger partial charge in [-0.2, -0.15) is 0 Å². The molecule has 0 saturated heterocycles. The minimum Gasteiger partial charge on any atom is -0.409 e. The van der Waals surface area contributed by atoms with E-state index >= 15 is 0 Å². The van der Waals surface area contributed by atoms with Crippen LogP contribution in [0.1, 0.15) is 37.2 Å². The van der Waals surface area contributed by atoms with E-state index in [2.05, 4.69) is 29.2 Å². The molecule has 0 saturated carbocycles. The summed E-state index contributed by atoms with van der Waals surface area (Å²) >= 11 is 0. The quantitative estimate of drug-likeness (QED) is 0.0798. The van der Waals surface area contributed by atoms with Crippen molar-refractivity contribution in [1.29, 1.82) is 0 Å². The lowest BCUT2D eigenvalue weighted by Crippen LogP contribution is -2.38. The van der Waals surface area contributed by atoms with Gasteiger partial charge in [0.15, 0.2) is 5.84 Å². The smallest absolute Gasteiger partial charge is 0.264 e. The van der Waals surface area contributed by atoms with Gasteiger partial charge in [0, 0.05) is 45.1 Å². The van der Waals surface area contributed by atoms with Crippen LogP contribution in [0.5, 0.6) is 0 Å². The molecule has 11 nitrogen and oxygen atoms in total. The summed E-state index contributed by atoms with van der Waals surface area (Å²) in [6, 6.07) is 21.4. The summed E-state index contributed by atoms with van der Waals surface area (Å²) in [6.45, 7) is 7.06. The topological polar surface area (TPSA) is 146 Å². The first-order valence-corrected chi connectivity index (χ1v) is 16.2. The van der Waals surface area contributed by atoms with Gasteiger partial charge in [0.1, 0.15) is 5.82 Å². The van der Waals surface area contributed by atoms with Gasteiger partial charge in [0.05, 0.1) is 21.6 Å². The van der Waals surface area contributed by atoms with E-state index in [4.69, 9.17) is 15.9 Å². The summed E-state index contributed by atoms with van der Waals surface area (Å²) in [7, 11) is -2.22. The first-order valence-electron chi connectivity index (χ1n) is 14.8. The third-order valence-electron chi connectivity index (χ3n) is 7.78. The molecule has 0 fully saturated rings. The Morgan fingerprint density at radius 1 is 1.00 bits per heavy atom. The van der Waals surface area contributed by atoms with Gasteiger partial charge < -0.3 is 25.7 Å². The minimum absolute atomic E-state index is 0.0452. The van der Waals surface area contributed by atoms with Crippen LogP contribution in [0.4, 0.5) is 5.69 Å². The Kier molecular flexibility index (Phi) is 11.0. The normalized spacial score (nSPS) is 12.1. The van der Waals surface area contributed by atoms with Crippen molar-refractivity contribution in [3.8, 4) is 0 Å². The second kappa shape index (κ2) is 14.8. The number of aromatic nitrogens is 2. The molecule has 12 heteroatoms. The third kappa shape index (κ3) is 7.56. The number of oxime groups is 1. The molecule has 0 spiro atoms. The summed E-state index contributed by atoms with van der Waals surface area (Å²) in [5.41, 5.74) is 9.39. The summed E-state index contributed by atoms with van der Waals surface area (Å²) in [5, 5.41) is 14.7. The number of rotatable bonds is 15. The largest absolute Gasteiger partial charge is 0.409 e. The number of hydrogen-bond acceptors (Lipinski definition) is 7. The molecule has 4 N–H and O–H groups in total. The van der Waals surface area contributed by atoms with Crippen LogP contribution in [0.3, 0.4) is 0 Å². The molecule has 0 radical (unpaired) electrons. The lowest BCUT2D eigenvalue weighted by molar-refractivity contribution is -0.120. The monoisotopic (exact) mass is 619 g/mol. The van der Waals surface area contributed by atoms with E-state index in [1.807, 2.05) is 34.9 Å². The van der Waals surface area contributed by atoms with E-state index in [1.54, 1.807) is 49.5 Å². The predicted molar refractivity (Wildman–Crippen MR) is 174 cm³/mol. The van der Waals surface area contributed by atoms with Crippen molar-refractivity contribution in [2.45, 2.75) is 44.6 Å². The second-order valence-electron chi connectivity index (χ2n) is 10.4. The molecule has 0 aliphatic heterocycles. The van der Waals surface area contributed by atoms with Gasteiger partial charge in [0.2, 0.25) is 5.91 Å². The average molecular weight is 620 g/mol. The number of sulfonamides is 1. The lowest BCUT2D eigenvalue weighted by atomic mass is 10.1. The molecule has 0 aliphatic rings. The zero-order chi connectivity index (χ0) is 31.7. The van der Waals surface area contributed by atoms with Gasteiger partial charge in [-0.1, -0.05) is 61.5 Å². The molecule has 4 rings (SSSR count). The standard InChI is InChI=1S/C32H41N7O4S/c1-4-37(5-2)21-22-39(44(42,43)27-9-7-6-8-10-27)26-16-17-29-28(23-26)35-30(38(29)20-19-31(40)34-3)18-13-24-11-14-25(15-12-24)32(33)36-41/h6-12,14-17,23,41H,4-5,13,18-22H2,1-3H3,(H2,33,36)(H,34,40). The van der Waals surface area contributed by atoms with E-state index in [1.165, 1.54) is 4.31 Å². The van der Waals surface area contributed by atoms with Crippen molar-refractivity contribution in [3.63, 3.8) is 0 Å². The van der Waals surface area contributed by atoms with Crippen LogP contribution in [0.15, 0.2) is 82.8 Å². The second-order valence-corrected chi connectivity index (χ2v) is 12.2. The Morgan fingerprint density at radius 3 is 2.34 bits per heavy atom. The number of amidine groups is 1. The fraction of sp³-hybridized carbons (Fsp3) is 0.344. The number of anilines is 1. The van der Waals surface area contributed by atoms with Crippen LogP contribution < -0.4 is 15.4 Å². The summed E-state index contributed by atoms with van der Waals surface area (Å²) in [5.74, 6) is 0.760. The van der Waals surface area contributed by atoms with E-state index in [0.29, 0.717) is 42.7 Å². The number of imidazole rings is 1. The first-order chi connectivity index (χ1) is 21.2. The Hall–Kier alpha value is -4.42. The zero-order valence-corrected chi connectivity index (χ0v) is 26.3. The van der Waals surface area contributed by atoms with Crippen molar-refractivity contribution in [2.75, 3.05) is 37.5 Å². The van der Waals surface area contributed by atoms with Crippen molar-refractivity contribution < 1.29 is 18.4 Å². The molecule has 0 atom stereocenters. The van der Waals surface area contributed by atoms with Crippen LogP contribution >= 0.6 is 0 Å². The number of nitrogens with two attached hydrogens (primary N) is 1. The fourth-order valence-electron chi connectivity index (χ4n) is 5.14. The number of aryl methyl sites for hydroxylation is 3. The highest BCUT2D eigenvalue weighted by Crippen LogP contribution is 2.28. The van der Waals surface area contributed by atoms with Crippen LogP contribution in [0, 0.1) is 0 Å². The molecule has 1 heterocycles. The van der Waals surface area contributed by atoms with E-state index in [-0.39, 0.29) is 29.6 Å². The molecule has 0 bridgehead atoms. The van der Waals surface area contributed by atoms with Crippen molar-refractivity contribution >= 4 is 38.5 Å². The molecule has 1 aromatic heterocycles. The summed E-state index contributed by atoms with van der Waals surface area (Å²) < 4.78 is 31.3. The number of benzene rings is 3. The molecule has 1 amide bonds. The van der Waals surface area contributed by atoms with Gasteiger partial charge >= 0.3 is 0 Å². The number of carbonyl (C=O) groups excluding carboxylic acids is 1. The maximum absolute atomic E-state index is 13.9. The van der Waals surface area contributed by atoms with E-state index in [9.17, 15) is 13.2 Å². The maximum Gasteiger partial charge on any atom is 0.264 e. The number of nitrogens with zero attached hydrogens (tertiary/aromatic N) is 5. The number of carbonyl (C=O) groups is 1. The lowest BCUT2D eigenvalue weighted by Gasteiger charge is -2.27. The van der Waals surface area contributed by atoms with Gasteiger partial charge in [-0.25, -0.2) is 13.4 Å². The van der Waals surface area contributed by atoms with Crippen molar-refractivity contribution in [2.24, 2.45) is 10.9 Å². The minimum atomic E-state index is -3.83.